The maximum Gasteiger partial charge on any atom is 0.471 e. The van der Waals surface area contributed by atoms with Gasteiger partial charge in [0.25, 0.3) is 0 Å². The maximum absolute atomic E-state index is 13.4. The predicted octanol–water partition coefficient (Wildman–Crippen LogP) is 5.75. The fraction of sp³-hybridized carbons (Fsp3) is 0.154. The van der Waals surface area contributed by atoms with Gasteiger partial charge in [0.1, 0.15) is 30.3 Å². The molecule has 0 atom stereocenters. The molecule has 8 nitrogen and oxygen atoms in total. The molecule has 39 heavy (non-hydrogen) atoms. The number of ether oxygens (including phenoxy) is 1. The van der Waals surface area contributed by atoms with Gasteiger partial charge in [0.05, 0.1) is 10.5 Å². The highest BCUT2D eigenvalue weighted by Gasteiger charge is 2.38. The molecule has 202 valence electrons. The number of nitrogens with zero attached hydrogens (tertiary/aromatic N) is 2. The third-order valence-corrected chi connectivity index (χ3v) is 5.59. The zero-order chi connectivity index (χ0) is 28.0. The van der Waals surface area contributed by atoms with Crippen molar-refractivity contribution in [3.05, 3.63) is 83.4 Å². The Morgan fingerprint density at radius 1 is 0.974 bits per heavy atom. The molecule has 2 amide bonds. The largest absolute Gasteiger partial charge is 0.487 e. The van der Waals surface area contributed by atoms with Gasteiger partial charge in [-0.15, -0.1) is 0 Å². The first kappa shape index (κ1) is 27.6. The Hall–Kier alpha value is -4.45. The first-order valence-corrected chi connectivity index (χ1v) is 11.8. The van der Waals surface area contributed by atoms with Crippen LogP contribution < -0.4 is 20.7 Å². The van der Waals surface area contributed by atoms with Crippen molar-refractivity contribution >= 4 is 51.5 Å². The Balaban J connectivity index is 1.42. The maximum atomic E-state index is 13.4. The summed E-state index contributed by atoms with van der Waals surface area (Å²) in [5.41, 5.74) is 2.14. The van der Waals surface area contributed by atoms with Gasteiger partial charge in [0.15, 0.2) is 0 Å². The lowest BCUT2D eigenvalue weighted by molar-refractivity contribution is -0.173. The Morgan fingerprint density at radius 3 is 2.51 bits per heavy atom. The number of rotatable bonds is 9. The van der Waals surface area contributed by atoms with Crippen molar-refractivity contribution in [1.29, 1.82) is 0 Å². The number of halogens is 5. The smallest absolute Gasteiger partial charge is 0.471 e. The molecule has 4 aromatic rings. The normalized spacial score (nSPS) is 11.2. The molecule has 1 aromatic heterocycles. The highest BCUT2D eigenvalue weighted by Crippen LogP contribution is 2.31. The van der Waals surface area contributed by atoms with Crippen molar-refractivity contribution in [3.8, 4) is 5.75 Å². The molecule has 0 radical (unpaired) electrons. The molecule has 0 aliphatic heterocycles. The Labute approximate surface area is 224 Å². The lowest BCUT2D eigenvalue weighted by atomic mass is 10.2. The molecule has 0 aliphatic rings. The van der Waals surface area contributed by atoms with Crippen LogP contribution in [0.2, 0.25) is 5.02 Å². The van der Waals surface area contributed by atoms with Crippen molar-refractivity contribution in [3.63, 3.8) is 0 Å². The number of hydrogen-bond donors (Lipinski definition) is 3. The van der Waals surface area contributed by atoms with Crippen LogP contribution in [-0.4, -0.2) is 34.5 Å². The Bertz CT molecular complexity index is 1520. The van der Waals surface area contributed by atoms with Gasteiger partial charge in [-0.25, -0.2) is 14.4 Å². The summed E-state index contributed by atoms with van der Waals surface area (Å²) >= 11 is 6.37. The van der Waals surface area contributed by atoms with Crippen molar-refractivity contribution in [2.75, 3.05) is 17.2 Å². The number of anilines is 3. The van der Waals surface area contributed by atoms with E-state index in [0.29, 0.717) is 44.4 Å². The molecule has 13 heteroatoms. The second kappa shape index (κ2) is 11.9. The number of benzene rings is 3. The molecule has 0 fully saturated rings. The monoisotopic (exact) mass is 561 g/mol. The van der Waals surface area contributed by atoms with Gasteiger partial charge in [-0.1, -0.05) is 23.7 Å². The number of amides is 2. The average Bonchev–Trinajstić information content (AvgIpc) is 2.88. The fourth-order valence-corrected chi connectivity index (χ4v) is 3.70. The average molecular weight is 562 g/mol. The van der Waals surface area contributed by atoms with Crippen LogP contribution >= 0.6 is 11.6 Å². The van der Waals surface area contributed by atoms with Crippen LogP contribution in [-0.2, 0) is 16.2 Å². The lowest BCUT2D eigenvalue weighted by Crippen LogP contribution is -2.38. The predicted molar refractivity (Wildman–Crippen MR) is 137 cm³/mol. The zero-order valence-electron chi connectivity index (χ0n) is 20.0. The fourth-order valence-electron chi connectivity index (χ4n) is 3.47. The summed E-state index contributed by atoms with van der Waals surface area (Å²) in [6.45, 7) is -0.347. The third-order valence-electron chi connectivity index (χ3n) is 5.29. The van der Waals surface area contributed by atoms with E-state index in [1.54, 1.807) is 53.8 Å². The van der Waals surface area contributed by atoms with Gasteiger partial charge in [-0.3, -0.25) is 9.59 Å². The second-order valence-electron chi connectivity index (χ2n) is 8.19. The molecule has 3 N–H and O–H groups in total. The van der Waals surface area contributed by atoms with E-state index in [4.69, 9.17) is 16.3 Å². The van der Waals surface area contributed by atoms with Crippen LogP contribution in [0.25, 0.3) is 10.9 Å². The number of carbonyl (C=O) groups is 2. The summed E-state index contributed by atoms with van der Waals surface area (Å²) in [7, 11) is 0. The number of alkyl halides is 3. The van der Waals surface area contributed by atoms with E-state index < -0.39 is 24.5 Å². The van der Waals surface area contributed by atoms with Crippen LogP contribution in [0, 0.1) is 5.82 Å². The molecule has 0 saturated carbocycles. The standard InChI is InChI=1S/C26H20ClF4N5O3/c27-20-12-18(5-7-22(20)39-13-15-2-1-3-16(28)10-15)36-24-19-11-17(4-6-21(19)33-14-34-24)35-23(37)8-9-32-25(38)26(29,30)31/h1-7,10-12,14H,8-9,13H2,(H,32,38)(H,35,37)(H,33,34,36). The molecule has 3 aromatic carbocycles. The van der Waals surface area contributed by atoms with Crippen LogP contribution in [0.15, 0.2) is 67.0 Å². The zero-order valence-corrected chi connectivity index (χ0v) is 20.7. The second-order valence-corrected chi connectivity index (χ2v) is 8.60. The van der Waals surface area contributed by atoms with Crippen molar-refractivity contribution in [1.82, 2.24) is 15.3 Å². The lowest BCUT2D eigenvalue weighted by Gasteiger charge is -2.13. The van der Waals surface area contributed by atoms with Crippen LogP contribution in [0.1, 0.15) is 12.0 Å². The molecular formula is C26H20ClF4N5O3. The summed E-state index contributed by atoms with van der Waals surface area (Å²) in [4.78, 5) is 31.5. The van der Waals surface area contributed by atoms with Gasteiger partial charge in [-0.05, 0) is 54.1 Å². The van der Waals surface area contributed by atoms with Gasteiger partial charge < -0.3 is 20.7 Å². The van der Waals surface area contributed by atoms with Crippen molar-refractivity contribution < 1.29 is 31.9 Å². The first-order chi connectivity index (χ1) is 18.6. The SMILES string of the molecule is O=C(CCNC(=O)C(F)(F)F)Nc1ccc2ncnc(Nc3ccc(OCc4cccc(F)c4)c(Cl)c3)c2c1. The minimum atomic E-state index is -5.02. The molecule has 1 heterocycles. The molecule has 4 rings (SSSR count). The molecular weight excluding hydrogens is 542 g/mol. The Kier molecular flexibility index (Phi) is 8.45. The number of fused-ring (bicyclic) bond motifs is 1. The highest BCUT2D eigenvalue weighted by molar-refractivity contribution is 6.32. The topological polar surface area (TPSA) is 105 Å². The van der Waals surface area contributed by atoms with E-state index in [2.05, 4.69) is 20.6 Å². The van der Waals surface area contributed by atoms with E-state index in [9.17, 15) is 27.2 Å². The summed E-state index contributed by atoms with van der Waals surface area (Å²) in [6, 6.07) is 15.8. The van der Waals surface area contributed by atoms with Gasteiger partial charge in [0, 0.05) is 29.7 Å². The van der Waals surface area contributed by atoms with Gasteiger partial charge in [-0.2, -0.15) is 13.2 Å². The number of aromatic nitrogens is 2. The van der Waals surface area contributed by atoms with E-state index in [-0.39, 0.29) is 18.8 Å². The number of nitrogens with one attached hydrogen (secondary N) is 3. The van der Waals surface area contributed by atoms with Gasteiger partial charge in [0.2, 0.25) is 5.91 Å². The summed E-state index contributed by atoms with van der Waals surface area (Å²) in [6.07, 6.45) is -4.02. The van der Waals surface area contributed by atoms with E-state index >= 15 is 0 Å². The van der Waals surface area contributed by atoms with Crippen LogP contribution in [0.3, 0.4) is 0 Å². The van der Waals surface area contributed by atoms with E-state index in [1.165, 1.54) is 18.5 Å². The minimum Gasteiger partial charge on any atom is -0.487 e. The Morgan fingerprint density at radius 2 is 1.77 bits per heavy atom. The van der Waals surface area contributed by atoms with Crippen molar-refractivity contribution in [2.45, 2.75) is 19.2 Å². The first-order valence-electron chi connectivity index (χ1n) is 11.4. The number of carbonyl (C=O) groups excluding carboxylic acids is 2. The minimum absolute atomic E-state index is 0.129. The van der Waals surface area contributed by atoms with Crippen LogP contribution in [0.4, 0.5) is 34.8 Å². The highest BCUT2D eigenvalue weighted by atomic mass is 35.5. The van der Waals surface area contributed by atoms with Gasteiger partial charge >= 0.3 is 12.1 Å². The summed E-state index contributed by atoms with van der Waals surface area (Å²) in [5.74, 6) is -2.27. The van der Waals surface area contributed by atoms with Crippen LogP contribution in [0.5, 0.6) is 5.75 Å². The molecule has 0 bridgehead atoms. The quantitative estimate of drug-likeness (QED) is 0.225. The van der Waals surface area contributed by atoms with E-state index in [0.717, 1.165) is 0 Å². The summed E-state index contributed by atoms with van der Waals surface area (Å²) < 4.78 is 55.8. The third kappa shape index (κ3) is 7.54. The van der Waals surface area contributed by atoms with Crippen molar-refractivity contribution in [2.24, 2.45) is 0 Å². The molecule has 0 saturated heterocycles. The van der Waals surface area contributed by atoms with E-state index in [1.807, 2.05) is 0 Å². The summed E-state index contributed by atoms with van der Waals surface area (Å²) in [5, 5.41) is 8.19. The molecule has 0 unspecified atom stereocenters. The molecule has 0 aliphatic carbocycles. The molecule has 0 spiro atoms. The number of hydrogen-bond acceptors (Lipinski definition) is 6.